The van der Waals surface area contributed by atoms with Gasteiger partial charge in [-0.05, 0) is 45.0 Å². The molecule has 1 amide bonds. The van der Waals surface area contributed by atoms with Crippen molar-refractivity contribution in [2.75, 3.05) is 31.6 Å². The second-order valence-electron chi connectivity index (χ2n) is 6.95. The Balaban J connectivity index is 1.72. The molecule has 10 heteroatoms. The minimum Gasteiger partial charge on any atom is -0.492 e. The van der Waals surface area contributed by atoms with Gasteiger partial charge in [0.1, 0.15) is 22.2 Å². The molecule has 1 saturated heterocycles. The van der Waals surface area contributed by atoms with Gasteiger partial charge >= 0.3 is 6.18 Å². The van der Waals surface area contributed by atoms with Crippen molar-refractivity contribution < 1.29 is 22.7 Å². The van der Waals surface area contributed by atoms with E-state index < -0.39 is 17.6 Å². The van der Waals surface area contributed by atoms with Gasteiger partial charge in [0.25, 0.3) is 5.91 Å². The summed E-state index contributed by atoms with van der Waals surface area (Å²) in [6, 6.07) is 2.90. The third-order valence-electron chi connectivity index (χ3n) is 4.50. The predicted molar refractivity (Wildman–Crippen MR) is 105 cm³/mol. The van der Waals surface area contributed by atoms with Gasteiger partial charge in [-0.2, -0.15) is 13.2 Å². The van der Waals surface area contributed by atoms with Gasteiger partial charge < -0.3 is 15.8 Å². The third-order valence-corrected chi connectivity index (χ3v) is 5.70. The fourth-order valence-electron chi connectivity index (χ4n) is 3.01. The Hall–Kier alpha value is -2.17. The molecule has 0 radical (unpaired) electrons. The largest absolute Gasteiger partial charge is 0.492 e. The van der Waals surface area contributed by atoms with Gasteiger partial charge in [0.15, 0.2) is 0 Å². The van der Waals surface area contributed by atoms with Crippen LogP contribution < -0.4 is 15.8 Å². The highest BCUT2D eigenvalue weighted by atomic mass is 32.1. The summed E-state index contributed by atoms with van der Waals surface area (Å²) < 4.78 is 45.4. The van der Waals surface area contributed by atoms with E-state index in [9.17, 15) is 18.0 Å². The van der Waals surface area contributed by atoms with E-state index in [0.717, 1.165) is 49.4 Å². The van der Waals surface area contributed by atoms with Crippen molar-refractivity contribution in [2.24, 2.45) is 5.73 Å². The van der Waals surface area contributed by atoms with E-state index in [1.165, 1.54) is 12.3 Å². The number of halogens is 3. The number of anilines is 1. The van der Waals surface area contributed by atoms with Crippen LogP contribution in [-0.4, -0.2) is 42.0 Å². The SMILES string of the molecule is CC(N)c1ncc(C(=O)Nc2cc(OCCN3CCCC3)cc(C(F)(F)F)c2)s1. The van der Waals surface area contributed by atoms with Crippen LogP contribution in [0.4, 0.5) is 18.9 Å². The van der Waals surface area contributed by atoms with E-state index in [1.807, 2.05) is 0 Å². The molecule has 3 N–H and O–H groups in total. The van der Waals surface area contributed by atoms with E-state index in [1.54, 1.807) is 6.92 Å². The molecule has 0 bridgehead atoms. The summed E-state index contributed by atoms with van der Waals surface area (Å²) in [7, 11) is 0. The molecule has 6 nitrogen and oxygen atoms in total. The highest BCUT2D eigenvalue weighted by molar-refractivity contribution is 7.13. The standard InChI is InChI=1S/C19H23F3N4O2S/c1-12(23)18-24-11-16(29-18)17(27)25-14-8-13(19(20,21)22)9-15(10-14)28-7-6-26-4-2-3-5-26/h8-12H,2-7,23H2,1H3,(H,25,27). The number of aromatic nitrogens is 1. The molecule has 1 aliphatic heterocycles. The molecule has 1 aromatic heterocycles. The number of rotatable bonds is 7. The van der Waals surface area contributed by atoms with Crippen molar-refractivity contribution in [1.29, 1.82) is 0 Å². The zero-order valence-corrected chi connectivity index (χ0v) is 16.8. The number of alkyl halides is 3. The van der Waals surface area contributed by atoms with Crippen LogP contribution in [0.2, 0.25) is 0 Å². The number of hydrogen-bond acceptors (Lipinski definition) is 6. The second-order valence-corrected chi connectivity index (χ2v) is 8.01. The van der Waals surface area contributed by atoms with Crippen molar-refractivity contribution in [2.45, 2.75) is 32.0 Å². The smallest absolute Gasteiger partial charge is 0.416 e. The molecule has 2 aromatic rings. The number of amides is 1. The lowest BCUT2D eigenvalue weighted by Gasteiger charge is -2.17. The van der Waals surface area contributed by atoms with E-state index in [0.29, 0.717) is 11.6 Å². The van der Waals surface area contributed by atoms with E-state index in [-0.39, 0.29) is 29.0 Å². The summed E-state index contributed by atoms with van der Waals surface area (Å²) in [6.07, 6.45) is -0.940. The number of nitrogens with two attached hydrogens (primary N) is 1. The van der Waals surface area contributed by atoms with Crippen LogP contribution in [0.1, 0.15) is 46.0 Å². The summed E-state index contributed by atoms with van der Waals surface area (Å²) in [4.78, 5) is 18.9. The topological polar surface area (TPSA) is 80.5 Å². The van der Waals surface area contributed by atoms with Crippen LogP contribution in [0.3, 0.4) is 0 Å². The molecule has 3 rings (SSSR count). The molecular formula is C19H23F3N4O2S. The quantitative estimate of drug-likeness (QED) is 0.699. The first-order valence-corrected chi connectivity index (χ1v) is 10.1. The first-order chi connectivity index (χ1) is 13.7. The molecule has 1 atom stereocenters. The van der Waals surface area contributed by atoms with Crippen molar-refractivity contribution >= 4 is 22.9 Å². The fourth-order valence-corrected chi connectivity index (χ4v) is 3.78. The summed E-state index contributed by atoms with van der Waals surface area (Å²) in [5, 5.41) is 3.07. The third kappa shape index (κ3) is 5.91. The van der Waals surface area contributed by atoms with Gasteiger partial charge in [-0.25, -0.2) is 4.98 Å². The molecule has 1 aliphatic rings. The number of benzene rings is 1. The van der Waals surface area contributed by atoms with Crippen molar-refractivity contribution in [3.63, 3.8) is 0 Å². The highest BCUT2D eigenvalue weighted by Gasteiger charge is 2.32. The van der Waals surface area contributed by atoms with Crippen LogP contribution in [-0.2, 0) is 6.18 Å². The lowest BCUT2D eigenvalue weighted by atomic mass is 10.1. The molecular weight excluding hydrogens is 405 g/mol. The number of hydrogen-bond donors (Lipinski definition) is 2. The van der Waals surface area contributed by atoms with Gasteiger partial charge in [-0.3, -0.25) is 9.69 Å². The maximum atomic E-state index is 13.3. The normalized spacial score (nSPS) is 16.0. The highest BCUT2D eigenvalue weighted by Crippen LogP contribution is 2.34. The Morgan fingerprint density at radius 2 is 2.07 bits per heavy atom. The Kier molecular flexibility index (Phi) is 6.76. The Labute approximate surface area is 170 Å². The minimum absolute atomic E-state index is 0.0109. The van der Waals surface area contributed by atoms with Crippen LogP contribution >= 0.6 is 11.3 Å². The van der Waals surface area contributed by atoms with Gasteiger partial charge in [0.05, 0.1) is 17.8 Å². The van der Waals surface area contributed by atoms with Gasteiger partial charge in [0.2, 0.25) is 0 Å². The monoisotopic (exact) mass is 428 g/mol. The average Bonchev–Trinajstić information content (AvgIpc) is 3.33. The zero-order chi connectivity index (χ0) is 21.0. The molecule has 1 fully saturated rings. The van der Waals surface area contributed by atoms with Crippen LogP contribution in [0.5, 0.6) is 5.75 Å². The maximum absolute atomic E-state index is 13.3. The molecule has 1 unspecified atom stereocenters. The molecule has 0 spiro atoms. The van der Waals surface area contributed by atoms with Gasteiger partial charge in [-0.15, -0.1) is 11.3 Å². The van der Waals surface area contributed by atoms with Crippen LogP contribution in [0.15, 0.2) is 24.4 Å². The van der Waals surface area contributed by atoms with Crippen LogP contribution in [0.25, 0.3) is 0 Å². The number of nitrogens with zero attached hydrogens (tertiary/aromatic N) is 2. The number of nitrogens with one attached hydrogen (secondary N) is 1. The van der Waals surface area contributed by atoms with E-state index in [2.05, 4.69) is 15.2 Å². The number of ether oxygens (including phenoxy) is 1. The molecule has 0 saturated carbocycles. The summed E-state index contributed by atoms with van der Waals surface area (Å²) in [6.45, 7) is 4.62. The first-order valence-electron chi connectivity index (χ1n) is 9.32. The minimum atomic E-state index is -4.56. The first kappa shape index (κ1) is 21.5. The lowest BCUT2D eigenvalue weighted by molar-refractivity contribution is -0.137. The molecule has 0 aliphatic carbocycles. The second kappa shape index (κ2) is 9.10. The molecule has 2 heterocycles. The average molecular weight is 428 g/mol. The number of carbonyl (C=O) groups excluding carboxylic acids is 1. The molecule has 29 heavy (non-hydrogen) atoms. The summed E-state index contributed by atoms with van der Waals surface area (Å²) in [5.74, 6) is -0.480. The Bertz CT molecular complexity index is 848. The summed E-state index contributed by atoms with van der Waals surface area (Å²) >= 11 is 1.10. The van der Waals surface area contributed by atoms with Crippen LogP contribution in [0, 0.1) is 0 Å². The van der Waals surface area contributed by atoms with E-state index in [4.69, 9.17) is 10.5 Å². The van der Waals surface area contributed by atoms with Crippen molar-refractivity contribution in [3.8, 4) is 5.75 Å². The van der Waals surface area contributed by atoms with Gasteiger partial charge in [0, 0.05) is 18.3 Å². The zero-order valence-electron chi connectivity index (χ0n) is 16.0. The van der Waals surface area contributed by atoms with Gasteiger partial charge in [-0.1, -0.05) is 0 Å². The fraction of sp³-hybridized carbons (Fsp3) is 0.474. The molecule has 158 valence electrons. The Morgan fingerprint density at radius 3 is 2.69 bits per heavy atom. The lowest BCUT2D eigenvalue weighted by Crippen LogP contribution is -2.25. The number of likely N-dealkylation sites (tertiary alicyclic amines) is 1. The Morgan fingerprint density at radius 1 is 1.34 bits per heavy atom. The summed E-state index contributed by atoms with van der Waals surface area (Å²) in [5.41, 5.74) is 4.86. The van der Waals surface area contributed by atoms with Crippen molar-refractivity contribution in [1.82, 2.24) is 9.88 Å². The maximum Gasteiger partial charge on any atom is 0.416 e. The number of thiazole rings is 1. The van der Waals surface area contributed by atoms with Crippen molar-refractivity contribution in [3.05, 3.63) is 39.8 Å². The van der Waals surface area contributed by atoms with E-state index >= 15 is 0 Å². The predicted octanol–water partition coefficient (Wildman–Crippen LogP) is 3.91. The molecule has 1 aromatic carbocycles. The number of carbonyl (C=O) groups is 1.